The largest absolute Gasteiger partial charge is 0.464 e. The third-order valence-electron chi connectivity index (χ3n) is 4.54. The maximum absolute atomic E-state index is 12.8. The maximum Gasteiger partial charge on any atom is 0.416 e. The molecule has 128 valence electrons. The van der Waals surface area contributed by atoms with Crippen LogP contribution in [0.3, 0.4) is 0 Å². The van der Waals surface area contributed by atoms with E-state index in [9.17, 15) is 13.2 Å². The summed E-state index contributed by atoms with van der Waals surface area (Å²) in [5.74, 6) is 0.751. The van der Waals surface area contributed by atoms with Gasteiger partial charge in [0.2, 0.25) is 0 Å². The molecule has 1 aliphatic rings. The number of alkyl halides is 3. The van der Waals surface area contributed by atoms with Crippen molar-refractivity contribution in [2.75, 3.05) is 6.54 Å². The molecule has 25 heavy (non-hydrogen) atoms. The second kappa shape index (κ2) is 6.08. The highest BCUT2D eigenvalue weighted by molar-refractivity contribution is 5.76. The Kier molecular flexibility index (Phi) is 3.88. The maximum atomic E-state index is 12.8. The van der Waals surface area contributed by atoms with Crippen molar-refractivity contribution in [2.45, 2.75) is 19.1 Å². The molecule has 0 saturated heterocycles. The second-order valence-electron chi connectivity index (χ2n) is 6.14. The van der Waals surface area contributed by atoms with E-state index < -0.39 is 11.7 Å². The molecule has 2 nitrogen and oxygen atoms in total. The average molecular weight is 343 g/mol. The van der Waals surface area contributed by atoms with Gasteiger partial charge in [-0.2, -0.15) is 13.2 Å². The Morgan fingerprint density at radius 1 is 0.960 bits per heavy atom. The van der Waals surface area contributed by atoms with Crippen LogP contribution < -0.4 is 5.32 Å². The molecule has 4 rings (SSSR count). The van der Waals surface area contributed by atoms with Gasteiger partial charge in [-0.3, -0.25) is 0 Å². The van der Waals surface area contributed by atoms with E-state index in [1.165, 1.54) is 5.56 Å². The van der Waals surface area contributed by atoms with Gasteiger partial charge in [-0.25, -0.2) is 0 Å². The fourth-order valence-corrected chi connectivity index (χ4v) is 3.30. The van der Waals surface area contributed by atoms with Crippen LogP contribution in [0.1, 0.15) is 16.7 Å². The van der Waals surface area contributed by atoms with Gasteiger partial charge in [0.15, 0.2) is 0 Å². The van der Waals surface area contributed by atoms with E-state index >= 15 is 0 Å². The Morgan fingerprint density at radius 2 is 1.76 bits per heavy atom. The molecule has 3 aromatic rings. The molecule has 0 fully saturated rings. The summed E-state index contributed by atoms with van der Waals surface area (Å²) in [5.41, 5.74) is 4.42. The Labute approximate surface area is 143 Å². The zero-order valence-electron chi connectivity index (χ0n) is 13.4. The number of hydrogen-bond donors (Lipinski definition) is 1. The van der Waals surface area contributed by atoms with Gasteiger partial charge in [-0.15, -0.1) is 0 Å². The first-order chi connectivity index (χ1) is 12.0. The summed E-state index contributed by atoms with van der Waals surface area (Å²) in [4.78, 5) is 0. The normalized spacial score (nSPS) is 14.4. The molecule has 0 radical (unpaired) electrons. The molecule has 2 heterocycles. The fourth-order valence-electron chi connectivity index (χ4n) is 3.30. The molecule has 0 unspecified atom stereocenters. The minimum Gasteiger partial charge on any atom is -0.464 e. The van der Waals surface area contributed by atoms with Gasteiger partial charge in [0.05, 0.1) is 11.8 Å². The van der Waals surface area contributed by atoms with Crippen LogP contribution in [0, 0.1) is 0 Å². The predicted molar refractivity (Wildman–Crippen MR) is 90.0 cm³/mol. The van der Waals surface area contributed by atoms with Gasteiger partial charge >= 0.3 is 6.18 Å². The first kappa shape index (κ1) is 16.0. The van der Waals surface area contributed by atoms with Gasteiger partial charge in [-0.05, 0) is 71.6 Å². The summed E-state index contributed by atoms with van der Waals surface area (Å²) in [7, 11) is 0. The number of nitrogens with one attached hydrogen (secondary N) is 1. The lowest BCUT2D eigenvalue weighted by Gasteiger charge is -2.22. The Morgan fingerprint density at radius 3 is 2.44 bits per heavy atom. The molecule has 1 aliphatic heterocycles. The third-order valence-corrected chi connectivity index (χ3v) is 4.54. The van der Waals surface area contributed by atoms with Crippen LogP contribution in [0.25, 0.3) is 22.5 Å². The van der Waals surface area contributed by atoms with Crippen LogP contribution in [0.5, 0.6) is 0 Å². The molecule has 1 N–H and O–H groups in total. The van der Waals surface area contributed by atoms with E-state index in [0.29, 0.717) is 0 Å². The van der Waals surface area contributed by atoms with E-state index in [-0.39, 0.29) is 0 Å². The molecular formula is C20H16F3NO. The van der Waals surface area contributed by atoms with Crippen LogP contribution in [0.15, 0.2) is 59.2 Å². The number of furan rings is 1. The van der Waals surface area contributed by atoms with E-state index in [0.717, 1.165) is 59.7 Å². The Bertz CT molecular complexity index is 881. The number of benzene rings is 2. The highest BCUT2D eigenvalue weighted by atomic mass is 19.4. The summed E-state index contributed by atoms with van der Waals surface area (Å²) >= 11 is 0. The highest BCUT2D eigenvalue weighted by Gasteiger charge is 2.30. The fraction of sp³-hybridized carbons (Fsp3) is 0.200. The molecule has 0 aliphatic carbocycles. The average Bonchev–Trinajstić information content (AvgIpc) is 3.15. The van der Waals surface area contributed by atoms with Gasteiger partial charge < -0.3 is 9.73 Å². The monoisotopic (exact) mass is 343 g/mol. The van der Waals surface area contributed by atoms with Crippen LogP contribution in [-0.2, 0) is 19.1 Å². The zero-order valence-corrected chi connectivity index (χ0v) is 13.4. The first-order valence-corrected chi connectivity index (χ1v) is 8.10. The van der Waals surface area contributed by atoms with Crippen molar-refractivity contribution in [1.29, 1.82) is 0 Å². The zero-order chi connectivity index (χ0) is 17.4. The molecule has 1 aromatic heterocycles. The van der Waals surface area contributed by atoms with Gasteiger partial charge in [-0.1, -0.05) is 12.1 Å². The molecule has 0 atom stereocenters. The summed E-state index contributed by atoms with van der Waals surface area (Å²) in [6.45, 7) is 1.61. The summed E-state index contributed by atoms with van der Waals surface area (Å²) < 4.78 is 44.0. The minimum absolute atomic E-state index is 0.631. The molecule has 0 amide bonds. The van der Waals surface area contributed by atoms with Crippen molar-refractivity contribution >= 4 is 0 Å². The van der Waals surface area contributed by atoms with Crippen molar-refractivity contribution in [2.24, 2.45) is 0 Å². The van der Waals surface area contributed by atoms with Crippen molar-refractivity contribution in [3.05, 3.63) is 71.5 Å². The second-order valence-corrected chi connectivity index (χ2v) is 6.14. The first-order valence-electron chi connectivity index (χ1n) is 8.10. The van der Waals surface area contributed by atoms with Crippen LogP contribution in [0.2, 0.25) is 0 Å². The molecule has 2 aromatic carbocycles. The molecule has 5 heteroatoms. The van der Waals surface area contributed by atoms with Gasteiger partial charge in [0.25, 0.3) is 0 Å². The third kappa shape index (κ3) is 3.07. The van der Waals surface area contributed by atoms with Crippen LogP contribution >= 0.6 is 0 Å². The van der Waals surface area contributed by atoms with Crippen molar-refractivity contribution in [3.63, 3.8) is 0 Å². The molecule has 0 saturated carbocycles. The summed E-state index contributed by atoms with van der Waals surface area (Å²) in [6, 6.07) is 13.2. The highest BCUT2D eigenvalue weighted by Crippen LogP contribution is 2.36. The number of hydrogen-bond acceptors (Lipinski definition) is 2. The van der Waals surface area contributed by atoms with E-state index in [4.69, 9.17) is 4.42 Å². The Balaban J connectivity index is 1.84. The number of rotatable bonds is 2. The predicted octanol–water partition coefficient (Wildman–Crippen LogP) is 5.28. The molecule has 0 spiro atoms. The van der Waals surface area contributed by atoms with Crippen molar-refractivity contribution in [3.8, 4) is 22.5 Å². The van der Waals surface area contributed by atoms with E-state index in [1.54, 1.807) is 18.4 Å². The smallest absolute Gasteiger partial charge is 0.416 e. The topological polar surface area (TPSA) is 25.2 Å². The quantitative estimate of drug-likeness (QED) is 0.685. The van der Waals surface area contributed by atoms with Gasteiger partial charge in [0.1, 0.15) is 5.76 Å². The van der Waals surface area contributed by atoms with Gasteiger partial charge in [0, 0.05) is 12.1 Å². The minimum atomic E-state index is -4.32. The molecular weight excluding hydrogens is 327 g/mol. The van der Waals surface area contributed by atoms with E-state index in [2.05, 4.69) is 11.4 Å². The SMILES string of the molecule is FC(F)(F)c1ccc(-c2cc(-c3ccco3)cc3c2CCNC3)cc1. The standard InChI is InChI=1S/C20H16F3NO/c21-20(22,23)16-5-3-13(4-6-16)18-11-14(19-2-1-9-25-19)10-15-12-24-8-7-17(15)18/h1-6,9-11,24H,7-8,12H2. The van der Waals surface area contributed by atoms with E-state index in [1.807, 2.05) is 18.2 Å². The van der Waals surface area contributed by atoms with Crippen LogP contribution in [-0.4, -0.2) is 6.54 Å². The Hall–Kier alpha value is -2.53. The summed E-state index contributed by atoms with van der Waals surface area (Å²) in [5, 5.41) is 3.34. The van der Waals surface area contributed by atoms with Crippen molar-refractivity contribution in [1.82, 2.24) is 5.32 Å². The lowest BCUT2D eigenvalue weighted by molar-refractivity contribution is -0.137. The van der Waals surface area contributed by atoms with Crippen molar-refractivity contribution < 1.29 is 17.6 Å². The summed E-state index contributed by atoms with van der Waals surface area (Å²) in [6.07, 6.45) is -1.85. The van der Waals surface area contributed by atoms with Crippen LogP contribution in [0.4, 0.5) is 13.2 Å². The number of fused-ring (bicyclic) bond motifs is 1. The molecule has 0 bridgehead atoms. The lowest BCUT2D eigenvalue weighted by atomic mass is 9.88. The lowest BCUT2D eigenvalue weighted by Crippen LogP contribution is -2.24. The number of halogens is 3.